The lowest BCUT2D eigenvalue weighted by atomic mass is 10.1. The molecular formula is C15H25N3O2S. The van der Waals surface area contributed by atoms with E-state index in [9.17, 15) is 8.42 Å². The van der Waals surface area contributed by atoms with Crippen LogP contribution < -0.4 is 5.32 Å². The molecule has 1 aromatic heterocycles. The first-order chi connectivity index (χ1) is 10.0. The largest absolute Gasteiger partial charge is 0.313 e. The molecule has 1 aliphatic rings. The van der Waals surface area contributed by atoms with Gasteiger partial charge in [0.2, 0.25) is 10.0 Å². The number of aryl methyl sites for hydroxylation is 1. The third-order valence-corrected chi connectivity index (χ3v) is 5.85. The highest BCUT2D eigenvalue weighted by Crippen LogP contribution is 2.14. The Balaban J connectivity index is 2.04. The molecule has 1 saturated heterocycles. The van der Waals surface area contributed by atoms with E-state index >= 15 is 0 Å². The van der Waals surface area contributed by atoms with E-state index in [-0.39, 0.29) is 11.8 Å². The minimum atomic E-state index is -3.25. The van der Waals surface area contributed by atoms with Crippen molar-refractivity contribution in [1.82, 2.24) is 14.6 Å². The topological polar surface area (TPSA) is 62.3 Å². The molecule has 0 amide bonds. The summed E-state index contributed by atoms with van der Waals surface area (Å²) in [5.74, 6) is 0.187. The molecule has 0 spiro atoms. The molecule has 1 aliphatic heterocycles. The number of hydrogen-bond acceptors (Lipinski definition) is 4. The van der Waals surface area contributed by atoms with Crippen LogP contribution in [0, 0.1) is 6.92 Å². The summed E-state index contributed by atoms with van der Waals surface area (Å²) in [6, 6.07) is 5.80. The number of sulfonamides is 1. The molecule has 6 heteroatoms. The summed E-state index contributed by atoms with van der Waals surface area (Å²) in [4.78, 5) is 4.40. The van der Waals surface area contributed by atoms with E-state index in [1.54, 1.807) is 0 Å². The van der Waals surface area contributed by atoms with E-state index in [0.717, 1.165) is 37.2 Å². The smallest absolute Gasteiger partial charge is 0.215 e. The minimum Gasteiger partial charge on any atom is -0.313 e. The lowest BCUT2D eigenvalue weighted by Gasteiger charge is -2.27. The van der Waals surface area contributed by atoms with Gasteiger partial charge in [0.15, 0.2) is 0 Å². The van der Waals surface area contributed by atoms with Crippen LogP contribution in [0.5, 0.6) is 0 Å². The standard InChI is InChI=1S/C15H25N3O2S/c1-3-18(11-14-9-6-7-13(2)17-14)21(19,20)12-15-8-4-5-10-16-15/h6-7,9,15-16H,3-5,8,10-12H2,1-2H3. The minimum absolute atomic E-state index is 0.0864. The molecule has 0 radical (unpaired) electrons. The second-order valence-corrected chi connectivity index (χ2v) is 7.64. The van der Waals surface area contributed by atoms with Crippen molar-refractivity contribution in [3.63, 3.8) is 0 Å². The average molecular weight is 311 g/mol. The van der Waals surface area contributed by atoms with Crippen molar-refractivity contribution in [3.05, 3.63) is 29.6 Å². The molecule has 2 rings (SSSR count). The lowest BCUT2D eigenvalue weighted by molar-refractivity contribution is 0.391. The highest BCUT2D eigenvalue weighted by atomic mass is 32.2. The summed E-state index contributed by atoms with van der Waals surface area (Å²) in [5, 5.41) is 3.31. The van der Waals surface area contributed by atoms with Crippen molar-refractivity contribution < 1.29 is 8.42 Å². The zero-order valence-corrected chi connectivity index (χ0v) is 13.7. The second-order valence-electron chi connectivity index (χ2n) is 5.62. The maximum atomic E-state index is 12.6. The average Bonchev–Trinajstić information content (AvgIpc) is 2.45. The van der Waals surface area contributed by atoms with Gasteiger partial charge in [-0.05, 0) is 38.4 Å². The quantitative estimate of drug-likeness (QED) is 0.868. The summed E-state index contributed by atoms with van der Waals surface area (Å²) in [6.07, 6.45) is 3.19. The molecule has 0 saturated carbocycles. The van der Waals surface area contributed by atoms with Gasteiger partial charge in [-0.2, -0.15) is 4.31 Å². The highest BCUT2D eigenvalue weighted by molar-refractivity contribution is 7.89. The van der Waals surface area contributed by atoms with Gasteiger partial charge in [-0.1, -0.05) is 19.4 Å². The zero-order valence-electron chi connectivity index (χ0n) is 12.9. The van der Waals surface area contributed by atoms with Gasteiger partial charge in [-0.3, -0.25) is 4.98 Å². The summed E-state index contributed by atoms with van der Waals surface area (Å²) >= 11 is 0. The summed E-state index contributed by atoms with van der Waals surface area (Å²) in [5.41, 5.74) is 1.71. The molecular weight excluding hydrogens is 286 g/mol. The van der Waals surface area contributed by atoms with Crippen LogP contribution in [0.4, 0.5) is 0 Å². The number of piperidine rings is 1. The number of rotatable bonds is 6. The number of pyridine rings is 1. The summed E-state index contributed by atoms with van der Waals surface area (Å²) in [6.45, 7) is 5.55. The molecule has 0 bridgehead atoms. The Morgan fingerprint density at radius 1 is 1.38 bits per heavy atom. The molecule has 1 fully saturated rings. The number of nitrogens with zero attached hydrogens (tertiary/aromatic N) is 2. The van der Waals surface area contributed by atoms with Crippen LogP contribution in [-0.4, -0.2) is 42.6 Å². The van der Waals surface area contributed by atoms with E-state index in [2.05, 4.69) is 10.3 Å². The fourth-order valence-corrected chi connectivity index (χ4v) is 4.43. The maximum absolute atomic E-state index is 12.6. The van der Waals surface area contributed by atoms with Crippen LogP contribution >= 0.6 is 0 Å². The highest BCUT2D eigenvalue weighted by Gasteiger charge is 2.26. The van der Waals surface area contributed by atoms with Crippen molar-refractivity contribution in [3.8, 4) is 0 Å². The predicted molar refractivity (Wildman–Crippen MR) is 84.5 cm³/mol. The Kier molecular flexibility index (Phi) is 5.72. The molecule has 118 valence electrons. The number of aromatic nitrogens is 1. The normalized spacial score (nSPS) is 19.9. The zero-order chi connectivity index (χ0) is 15.3. The Morgan fingerprint density at radius 2 is 2.19 bits per heavy atom. The molecule has 1 atom stereocenters. The maximum Gasteiger partial charge on any atom is 0.215 e. The molecule has 21 heavy (non-hydrogen) atoms. The third-order valence-electron chi connectivity index (χ3n) is 3.85. The Hall–Kier alpha value is -0.980. The molecule has 1 N–H and O–H groups in total. The van der Waals surface area contributed by atoms with Crippen LogP contribution in [0.25, 0.3) is 0 Å². The van der Waals surface area contributed by atoms with Crippen LogP contribution in [0.1, 0.15) is 37.6 Å². The van der Waals surface area contributed by atoms with E-state index in [0.29, 0.717) is 13.1 Å². The van der Waals surface area contributed by atoms with Gasteiger partial charge >= 0.3 is 0 Å². The summed E-state index contributed by atoms with van der Waals surface area (Å²) < 4.78 is 26.7. The van der Waals surface area contributed by atoms with Crippen molar-refractivity contribution in [2.24, 2.45) is 0 Å². The first kappa shape index (κ1) is 16.4. The lowest BCUT2D eigenvalue weighted by Crippen LogP contribution is -2.44. The van der Waals surface area contributed by atoms with Crippen LogP contribution in [0.3, 0.4) is 0 Å². The van der Waals surface area contributed by atoms with E-state index < -0.39 is 10.0 Å². The van der Waals surface area contributed by atoms with E-state index in [1.165, 1.54) is 4.31 Å². The van der Waals surface area contributed by atoms with Gasteiger partial charge < -0.3 is 5.32 Å². The van der Waals surface area contributed by atoms with Gasteiger partial charge in [0, 0.05) is 18.3 Å². The van der Waals surface area contributed by atoms with Crippen LogP contribution in [0.15, 0.2) is 18.2 Å². The molecule has 0 aliphatic carbocycles. The van der Waals surface area contributed by atoms with Gasteiger partial charge in [0.1, 0.15) is 0 Å². The second kappa shape index (κ2) is 7.33. The van der Waals surface area contributed by atoms with Gasteiger partial charge in [0.25, 0.3) is 0 Å². The Labute approximate surface area is 127 Å². The molecule has 5 nitrogen and oxygen atoms in total. The van der Waals surface area contributed by atoms with E-state index in [4.69, 9.17) is 0 Å². The Bertz CT molecular complexity index is 554. The third kappa shape index (κ3) is 4.76. The summed E-state index contributed by atoms with van der Waals surface area (Å²) in [7, 11) is -3.25. The molecule has 1 aromatic rings. The molecule has 0 aromatic carbocycles. The van der Waals surface area contributed by atoms with Crippen LogP contribution in [0.2, 0.25) is 0 Å². The number of hydrogen-bond donors (Lipinski definition) is 1. The fourth-order valence-electron chi connectivity index (χ4n) is 2.70. The van der Waals surface area contributed by atoms with Crippen molar-refractivity contribution in [2.45, 2.75) is 45.7 Å². The van der Waals surface area contributed by atoms with Crippen molar-refractivity contribution >= 4 is 10.0 Å². The fraction of sp³-hybridized carbons (Fsp3) is 0.667. The van der Waals surface area contributed by atoms with Crippen molar-refractivity contribution in [1.29, 1.82) is 0 Å². The van der Waals surface area contributed by atoms with Gasteiger partial charge in [-0.15, -0.1) is 0 Å². The van der Waals surface area contributed by atoms with Gasteiger partial charge in [-0.25, -0.2) is 8.42 Å². The van der Waals surface area contributed by atoms with Gasteiger partial charge in [0.05, 0.1) is 18.0 Å². The SMILES string of the molecule is CCN(Cc1cccc(C)n1)S(=O)(=O)CC1CCCCN1. The predicted octanol–water partition coefficient (Wildman–Crippen LogP) is 1.68. The van der Waals surface area contributed by atoms with E-state index in [1.807, 2.05) is 32.0 Å². The molecule has 1 unspecified atom stereocenters. The molecule has 2 heterocycles. The van der Waals surface area contributed by atoms with Crippen molar-refractivity contribution in [2.75, 3.05) is 18.8 Å². The number of nitrogens with one attached hydrogen (secondary N) is 1. The first-order valence-electron chi connectivity index (χ1n) is 7.65. The van der Waals surface area contributed by atoms with Crippen LogP contribution in [-0.2, 0) is 16.6 Å². The first-order valence-corrected chi connectivity index (χ1v) is 9.26. The monoisotopic (exact) mass is 311 g/mol. The Morgan fingerprint density at radius 3 is 2.81 bits per heavy atom.